The lowest BCUT2D eigenvalue weighted by Gasteiger charge is -2.35. The lowest BCUT2D eigenvalue weighted by molar-refractivity contribution is -0.124. The number of hydrogen-bond donors (Lipinski definition) is 2. The number of ether oxygens (including phenoxy) is 1. The number of carbonyl (C=O) groups is 1. The van der Waals surface area contributed by atoms with Crippen LogP contribution in [0.2, 0.25) is 0 Å². The van der Waals surface area contributed by atoms with Crippen molar-refractivity contribution in [1.29, 1.82) is 0 Å². The van der Waals surface area contributed by atoms with Gasteiger partial charge in [0.15, 0.2) is 0 Å². The van der Waals surface area contributed by atoms with Crippen LogP contribution in [-0.2, 0) is 9.53 Å². The van der Waals surface area contributed by atoms with Gasteiger partial charge in [-0.2, -0.15) is 11.8 Å². The van der Waals surface area contributed by atoms with Gasteiger partial charge in [-0.1, -0.05) is 0 Å². The first kappa shape index (κ1) is 13.8. The second-order valence-electron chi connectivity index (χ2n) is 4.46. The van der Waals surface area contributed by atoms with Crippen LogP contribution in [0.4, 0.5) is 0 Å². The van der Waals surface area contributed by atoms with Gasteiger partial charge in [-0.3, -0.25) is 4.79 Å². The van der Waals surface area contributed by atoms with E-state index in [0.29, 0.717) is 5.25 Å². The topological polar surface area (TPSA) is 78.3 Å². The van der Waals surface area contributed by atoms with Crippen molar-refractivity contribution in [1.82, 2.24) is 0 Å². The summed E-state index contributed by atoms with van der Waals surface area (Å²) in [5.74, 6) is 0.711. The number of amides is 1. The van der Waals surface area contributed by atoms with Crippen molar-refractivity contribution in [2.45, 2.75) is 42.9 Å². The molecule has 0 aromatic carbocycles. The molecule has 0 bridgehead atoms. The van der Waals surface area contributed by atoms with E-state index < -0.39 is 5.54 Å². The van der Waals surface area contributed by atoms with Gasteiger partial charge in [0.1, 0.15) is 0 Å². The fourth-order valence-corrected chi connectivity index (χ4v) is 3.44. The highest BCUT2D eigenvalue weighted by molar-refractivity contribution is 7.99. The van der Waals surface area contributed by atoms with Gasteiger partial charge in [-0.05, 0) is 37.9 Å². The molecule has 4 N–H and O–H groups in total. The number of primary amides is 1. The second kappa shape index (κ2) is 6.47. The third-order valence-corrected chi connectivity index (χ3v) is 4.48. The third-order valence-electron chi connectivity index (χ3n) is 3.08. The summed E-state index contributed by atoms with van der Waals surface area (Å²) in [6, 6.07) is 0. The van der Waals surface area contributed by atoms with Crippen LogP contribution in [-0.4, -0.2) is 36.2 Å². The minimum Gasteiger partial charge on any atom is -0.385 e. The van der Waals surface area contributed by atoms with Crippen molar-refractivity contribution >= 4 is 17.7 Å². The molecule has 16 heavy (non-hydrogen) atoms. The molecule has 0 heterocycles. The van der Waals surface area contributed by atoms with Crippen molar-refractivity contribution < 1.29 is 9.53 Å². The number of methoxy groups -OCH3 is 1. The highest BCUT2D eigenvalue weighted by Gasteiger charge is 2.37. The molecule has 0 radical (unpaired) electrons. The van der Waals surface area contributed by atoms with E-state index in [4.69, 9.17) is 16.2 Å². The van der Waals surface area contributed by atoms with Crippen LogP contribution >= 0.6 is 11.8 Å². The Bertz CT molecular complexity index is 238. The van der Waals surface area contributed by atoms with Gasteiger partial charge in [-0.25, -0.2) is 0 Å². The number of thioether (sulfide) groups is 1. The summed E-state index contributed by atoms with van der Waals surface area (Å²) >= 11 is 1.89. The molecular weight excluding hydrogens is 224 g/mol. The summed E-state index contributed by atoms with van der Waals surface area (Å²) in [5.41, 5.74) is 10.6. The summed E-state index contributed by atoms with van der Waals surface area (Å²) in [4.78, 5) is 11.3. The second-order valence-corrected chi connectivity index (χ2v) is 5.86. The Hall–Kier alpha value is -0.260. The molecule has 1 amide bonds. The molecule has 1 aliphatic rings. The van der Waals surface area contributed by atoms with E-state index >= 15 is 0 Å². The molecule has 1 fully saturated rings. The zero-order valence-corrected chi connectivity index (χ0v) is 10.7. The van der Waals surface area contributed by atoms with Crippen molar-refractivity contribution in [3.8, 4) is 0 Å². The maximum atomic E-state index is 11.3. The largest absolute Gasteiger partial charge is 0.385 e. The van der Waals surface area contributed by atoms with E-state index in [1.807, 2.05) is 11.8 Å². The summed E-state index contributed by atoms with van der Waals surface area (Å²) in [5, 5.41) is 0.475. The van der Waals surface area contributed by atoms with Gasteiger partial charge < -0.3 is 16.2 Å². The van der Waals surface area contributed by atoms with Crippen LogP contribution in [0.5, 0.6) is 0 Å². The highest BCUT2D eigenvalue weighted by Crippen LogP contribution is 2.33. The Balaban J connectivity index is 2.30. The summed E-state index contributed by atoms with van der Waals surface area (Å²) in [6.45, 7) is 0.795. The van der Waals surface area contributed by atoms with E-state index in [0.717, 1.165) is 44.5 Å². The minimum atomic E-state index is -0.767. The summed E-state index contributed by atoms with van der Waals surface area (Å²) in [7, 11) is 1.71. The molecule has 2 unspecified atom stereocenters. The number of carbonyl (C=O) groups excluding carboxylic acids is 1. The Labute approximate surface area is 101 Å². The molecule has 0 aromatic heterocycles. The molecule has 94 valence electrons. The number of nitrogens with two attached hydrogens (primary N) is 2. The molecule has 1 aliphatic carbocycles. The van der Waals surface area contributed by atoms with Gasteiger partial charge >= 0.3 is 0 Å². The van der Waals surface area contributed by atoms with Gasteiger partial charge in [0.25, 0.3) is 0 Å². The fraction of sp³-hybridized carbons (Fsp3) is 0.909. The average Bonchev–Trinajstić information content (AvgIpc) is 2.24. The third kappa shape index (κ3) is 3.96. The van der Waals surface area contributed by atoms with Crippen LogP contribution in [0.25, 0.3) is 0 Å². The van der Waals surface area contributed by atoms with E-state index in [-0.39, 0.29) is 5.91 Å². The molecule has 1 saturated carbocycles. The van der Waals surface area contributed by atoms with Gasteiger partial charge in [-0.15, -0.1) is 0 Å². The molecule has 0 aliphatic heterocycles. The summed E-state index contributed by atoms with van der Waals surface area (Å²) in [6.07, 6.45) is 4.65. The molecule has 0 spiro atoms. The lowest BCUT2D eigenvalue weighted by atomic mass is 9.82. The fourth-order valence-electron chi connectivity index (χ4n) is 2.07. The van der Waals surface area contributed by atoms with Crippen molar-refractivity contribution in [3.05, 3.63) is 0 Å². The maximum absolute atomic E-state index is 11.3. The summed E-state index contributed by atoms with van der Waals surface area (Å²) < 4.78 is 5.00. The SMILES string of the molecule is COCCCSC1CCCC(N)(C(N)=O)C1. The van der Waals surface area contributed by atoms with Crippen molar-refractivity contribution in [3.63, 3.8) is 0 Å². The molecule has 2 atom stereocenters. The van der Waals surface area contributed by atoms with Crippen LogP contribution < -0.4 is 11.5 Å². The predicted molar refractivity (Wildman–Crippen MR) is 67.3 cm³/mol. The van der Waals surface area contributed by atoms with E-state index in [9.17, 15) is 4.79 Å². The molecule has 0 saturated heterocycles. The molecular formula is C11H22N2O2S. The van der Waals surface area contributed by atoms with Crippen LogP contribution in [0.3, 0.4) is 0 Å². The Morgan fingerprint density at radius 3 is 3.00 bits per heavy atom. The molecule has 1 rings (SSSR count). The number of hydrogen-bond acceptors (Lipinski definition) is 4. The standard InChI is InChI=1S/C11H22N2O2S/c1-15-6-3-7-16-9-4-2-5-11(13,8-9)10(12)14/h9H,2-8,13H2,1H3,(H2,12,14). The van der Waals surface area contributed by atoms with E-state index in [1.165, 1.54) is 0 Å². The van der Waals surface area contributed by atoms with Crippen molar-refractivity contribution in [2.24, 2.45) is 11.5 Å². The molecule has 0 aromatic rings. The monoisotopic (exact) mass is 246 g/mol. The van der Waals surface area contributed by atoms with Gasteiger partial charge in [0.2, 0.25) is 5.91 Å². The molecule has 5 heteroatoms. The van der Waals surface area contributed by atoms with E-state index in [2.05, 4.69) is 0 Å². The average molecular weight is 246 g/mol. The zero-order valence-electron chi connectivity index (χ0n) is 9.91. The zero-order chi connectivity index (χ0) is 12.0. The quantitative estimate of drug-likeness (QED) is 0.682. The smallest absolute Gasteiger partial charge is 0.237 e. The number of rotatable bonds is 6. The van der Waals surface area contributed by atoms with Gasteiger partial charge in [0.05, 0.1) is 5.54 Å². The Morgan fingerprint density at radius 2 is 2.38 bits per heavy atom. The van der Waals surface area contributed by atoms with Crippen LogP contribution in [0.15, 0.2) is 0 Å². The minimum absolute atomic E-state index is 0.352. The van der Waals surface area contributed by atoms with Crippen LogP contribution in [0.1, 0.15) is 32.1 Å². The Kier molecular flexibility index (Phi) is 5.58. The molecule has 4 nitrogen and oxygen atoms in total. The van der Waals surface area contributed by atoms with Crippen LogP contribution in [0, 0.1) is 0 Å². The van der Waals surface area contributed by atoms with Crippen molar-refractivity contribution in [2.75, 3.05) is 19.5 Å². The maximum Gasteiger partial charge on any atom is 0.237 e. The predicted octanol–water partition coefficient (Wildman–Crippen LogP) is 0.881. The normalized spacial score (nSPS) is 30.2. The highest BCUT2D eigenvalue weighted by atomic mass is 32.2. The van der Waals surface area contributed by atoms with E-state index in [1.54, 1.807) is 7.11 Å². The first-order valence-corrected chi connectivity index (χ1v) is 6.83. The van der Waals surface area contributed by atoms with Gasteiger partial charge in [0, 0.05) is 19.0 Å². The lowest BCUT2D eigenvalue weighted by Crippen LogP contribution is -2.55. The first-order valence-electron chi connectivity index (χ1n) is 5.78. The first-order chi connectivity index (χ1) is 7.58. The Morgan fingerprint density at radius 1 is 1.62 bits per heavy atom.